The molecule has 0 aliphatic carbocycles. The summed E-state index contributed by atoms with van der Waals surface area (Å²) in [4.78, 5) is 11.1. The second kappa shape index (κ2) is 5.97. The standard InChI is InChI=1S/C16H17ClN2O/c1-10-3-4-12(8-14(10)17)9-19-15-6-5-13(16(18)20)7-11(15)2/h3-8,19H,9H2,1-2H3,(H2,18,20). The summed E-state index contributed by atoms with van der Waals surface area (Å²) in [6, 6.07) is 11.4. The number of anilines is 1. The second-order valence-electron chi connectivity index (χ2n) is 4.83. The maximum atomic E-state index is 11.1. The zero-order valence-electron chi connectivity index (χ0n) is 11.5. The Bertz CT molecular complexity index is 653. The average molecular weight is 289 g/mol. The summed E-state index contributed by atoms with van der Waals surface area (Å²) in [7, 11) is 0. The van der Waals surface area contributed by atoms with Gasteiger partial charge in [0.1, 0.15) is 0 Å². The zero-order valence-corrected chi connectivity index (χ0v) is 12.3. The van der Waals surface area contributed by atoms with Gasteiger partial charge in [-0.2, -0.15) is 0 Å². The zero-order chi connectivity index (χ0) is 14.7. The summed E-state index contributed by atoms with van der Waals surface area (Å²) in [5.41, 5.74) is 9.92. The molecule has 0 unspecified atom stereocenters. The molecule has 2 aromatic rings. The van der Waals surface area contributed by atoms with Crippen LogP contribution in [0.3, 0.4) is 0 Å². The maximum Gasteiger partial charge on any atom is 0.248 e. The predicted molar refractivity (Wildman–Crippen MR) is 83.2 cm³/mol. The number of carbonyl (C=O) groups excluding carboxylic acids is 1. The van der Waals surface area contributed by atoms with Crippen molar-refractivity contribution in [3.63, 3.8) is 0 Å². The van der Waals surface area contributed by atoms with Gasteiger partial charge in [0.2, 0.25) is 5.91 Å². The van der Waals surface area contributed by atoms with Gasteiger partial charge in [-0.1, -0.05) is 23.7 Å². The number of primary amides is 1. The average Bonchev–Trinajstić information content (AvgIpc) is 2.41. The molecule has 1 amide bonds. The van der Waals surface area contributed by atoms with Crippen molar-refractivity contribution in [3.8, 4) is 0 Å². The molecular formula is C16H17ClN2O. The fraction of sp³-hybridized carbons (Fsp3) is 0.188. The van der Waals surface area contributed by atoms with Gasteiger partial charge in [-0.05, 0) is 54.8 Å². The second-order valence-corrected chi connectivity index (χ2v) is 5.24. The van der Waals surface area contributed by atoms with Crippen molar-refractivity contribution in [2.75, 3.05) is 5.32 Å². The molecule has 0 aliphatic heterocycles. The van der Waals surface area contributed by atoms with Gasteiger partial charge >= 0.3 is 0 Å². The Labute approximate surface area is 123 Å². The molecule has 2 aromatic carbocycles. The van der Waals surface area contributed by atoms with Gasteiger partial charge in [0.05, 0.1) is 0 Å². The first-order chi connectivity index (χ1) is 9.47. The van der Waals surface area contributed by atoms with Gasteiger partial charge in [0, 0.05) is 22.8 Å². The number of nitrogens with one attached hydrogen (secondary N) is 1. The summed E-state index contributed by atoms with van der Waals surface area (Å²) < 4.78 is 0. The first-order valence-corrected chi connectivity index (χ1v) is 6.74. The number of amides is 1. The molecule has 0 heterocycles. The Morgan fingerprint density at radius 1 is 1.15 bits per heavy atom. The highest BCUT2D eigenvalue weighted by Gasteiger charge is 2.04. The SMILES string of the molecule is Cc1ccc(CNc2ccc(C(N)=O)cc2C)cc1Cl. The van der Waals surface area contributed by atoms with Gasteiger partial charge in [0.15, 0.2) is 0 Å². The number of hydrogen-bond donors (Lipinski definition) is 2. The van der Waals surface area contributed by atoms with Crippen LogP contribution >= 0.6 is 11.6 Å². The molecule has 2 rings (SSSR count). The van der Waals surface area contributed by atoms with Gasteiger partial charge in [-0.3, -0.25) is 4.79 Å². The lowest BCUT2D eigenvalue weighted by atomic mass is 10.1. The molecule has 0 fully saturated rings. The Morgan fingerprint density at radius 3 is 2.50 bits per heavy atom. The fourth-order valence-corrected chi connectivity index (χ4v) is 2.16. The van der Waals surface area contributed by atoms with E-state index in [1.165, 1.54) is 0 Å². The van der Waals surface area contributed by atoms with Crippen LogP contribution in [0.5, 0.6) is 0 Å². The predicted octanol–water partition coefficient (Wildman–Crippen LogP) is 3.67. The maximum absolute atomic E-state index is 11.1. The van der Waals surface area contributed by atoms with Gasteiger partial charge in [-0.25, -0.2) is 0 Å². The number of aryl methyl sites for hydroxylation is 2. The third-order valence-corrected chi connectivity index (χ3v) is 3.64. The van der Waals surface area contributed by atoms with Crippen molar-refractivity contribution >= 4 is 23.2 Å². The van der Waals surface area contributed by atoms with E-state index in [9.17, 15) is 4.79 Å². The highest BCUT2D eigenvalue weighted by molar-refractivity contribution is 6.31. The third kappa shape index (κ3) is 3.31. The molecule has 0 aromatic heterocycles. The summed E-state index contributed by atoms with van der Waals surface area (Å²) in [6.07, 6.45) is 0. The number of nitrogens with two attached hydrogens (primary N) is 1. The van der Waals surface area contributed by atoms with E-state index in [4.69, 9.17) is 17.3 Å². The van der Waals surface area contributed by atoms with Crippen LogP contribution in [-0.2, 0) is 6.54 Å². The van der Waals surface area contributed by atoms with E-state index in [2.05, 4.69) is 5.32 Å². The molecule has 104 valence electrons. The third-order valence-electron chi connectivity index (χ3n) is 3.23. The molecule has 3 nitrogen and oxygen atoms in total. The number of hydrogen-bond acceptors (Lipinski definition) is 2. The molecule has 4 heteroatoms. The number of carbonyl (C=O) groups is 1. The van der Waals surface area contributed by atoms with E-state index in [1.54, 1.807) is 12.1 Å². The van der Waals surface area contributed by atoms with Crippen molar-refractivity contribution in [2.24, 2.45) is 5.73 Å². The van der Waals surface area contributed by atoms with Crippen molar-refractivity contribution in [1.29, 1.82) is 0 Å². The van der Waals surface area contributed by atoms with E-state index in [-0.39, 0.29) is 0 Å². The minimum absolute atomic E-state index is 0.412. The first kappa shape index (κ1) is 14.4. The molecule has 0 saturated heterocycles. The van der Waals surface area contributed by atoms with Gasteiger partial charge in [-0.15, -0.1) is 0 Å². The fourth-order valence-electron chi connectivity index (χ4n) is 1.96. The Morgan fingerprint density at radius 2 is 1.90 bits per heavy atom. The van der Waals surface area contributed by atoms with Crippen LogP contribution in [0.4, 0.5) is 5.69 Å². The monoisotopic (exact) mass is 288 g/mol. The van der Waals surface area contributed by atoms with Crippen molar-refractivity contribution in [1.82, 2.24) is 0 Å². The van der Waals surface area contributed by atoms with E-state index in [1.807, 2.05) is 38.1 Å². The molecule has 20 heavy (non-hydrogen) atoms. The molecule has 0 atom stereocenters. The smallest absolute Gasteiger partial charge is 0.248 e. The normalized spacial score (nSPS) is 10.3. The van der Waals surface area contributed by atoms with E-state index < -0.39 is 5.91 Å². The van der Waals surface area contributed by atoms with Crippen LogP contribution in [0.15, 0.2) is 36.4 Å². The topological polar surface area (TPSA) is 55.1 Å². The van der Waals surface area contributed by atoms with Crippen LogP contribution in [0.25, 0.3) is 0 Å². The molecular weight excluding hydrogens is 272 g/mol. The van der Waals surface area contributed by atoms with E-state index in [0.29, 0.717) is 12.1 Å². The quantitative estimate of drug-likeness (QED) is 0.902. The summed E-state index contributed by atoms with van der Waals surface area (Å²) in [5.74, 6) is -0.412. The van der Waals surface area contributed by atoms with Crippen molar-refractivity contribution in [2.45, 2.75) is 20.4 Å². The molecule has 0 aliphatic rings. The Balaban J connectivity index is 2.10. The van der Waals surface area contributed by atoms with Crippen LogP contribution in [0.1, 0.15) is 27.0 Å². The minimum Gasteiger partial charge on any atom is -0.381 e. The summed E-state index contributed by atoms with van der Waals surface area (Å²) in [5, 5.41) is 4.10. The molecule has 0 saturated carbocycles. The molecule has 0 spiro atoms. The number of benzene rings is 2. The minimum atomic E-state index is -0.412. The van der Waals surface area contributed by atoms with Gasteiger partial charge < -0.3 is 11.1 Å². The lowest BCUT2D eigenvalue weighted by Gasteiger charge is -2.11. The van der Waals surface area contributed by atoms with E-state index >= 15 is 0 Å². The van der Waals surface area contributed by atoms with E-state index in [0.717, 1.165) is 27.4 Å². The largest absolute Gasteiger partial charge is 0.381 e. The van der Waals surface area contributed by atoms with Crippen molar-refractivity contribution < 1.29 is 4.79 Å². The van der Waals surface area contributed by atoms with Gasteiger partial charge in [0.25, 0.3) is 0 Å². The highest BCUT2D eigenvalue weighted by atomic mass is 35.5. The van der Waals surface area contributed by atoms with Crippen LogP contribution in [-0.4, -0.2) is 5.91 Å². The molecule has 0 radical (unpaired) electrons. The Kier molecular flexibility index (Phi) is 4.30. The number of rotatable bonds is 4. The van der Waals surface area contributed by atoms with Crippen LogP contribution in [0, 0.1) is 13.8 Å². The van der Waals surface area contributed by atoms with Crippen LogP contribution in [0.2, 0.25) is 5.02 Å². The van der Waals surface area contributed by atoms with Crippen molar-refractivity contribution in [3.05, 3.63) is 63.7 Å². The highest BCUT2D eigenvalue weighted by Crippen LogP contribution is 2.20. The first-order valence-electron chi connectivity index (χ1n) is 6.36. The Hall–Kier alpha value is -2.00. The summed E-state index contributed by atoms with van der Waals surface area (Å²) >= 11 is 6.10. The summed E-state index contributed by atoms with van der Waals surface area (Å²) in [6.45, 7) is 4.60. The number of halogens is 1. The molecule has 0 bridgehead atoms. The lowest BCUT2D eigenvalue weighted by Crippen LogP contribution is -2.11. The van der Waals surface area contributed by atoms with Crippen LogP contribution < -0.4 is 11.1 Å². The lowest BCUT2D eigenvalue weighted by molar-refractivity contribution is 0.1000. The molecule has 3 N–H and O–H groups in total.